The van der Waals surface area contributed by atoms with Crippen LogP contribution in [0.1, 0.15) is 22.3 Å². The number of nitrogens with zero attached hydrogens (tertiary/aromatic N) is 4. The minimum atomic E-state index is -0.596. The van der Waals surface area contributed by atoms with E-state index in [9.17, 15) is 0 Å². The summed E-state index contributed by atoms with van der Waals surface area (Å²) in [5.41, 5.74) is 19.3. The van der Waals surface area contributed by atoms with Gasteiger partial charge in [0.2, 0.25) is 0 Å². The Morgan fingerprint density at radius 3 is 0.892 bits per heavy atom. The van der Waals surface area contributed by atoms with Crippen LogP contribution in [0, 0.1) is 0 Å². The molecule has 0 bridgehead atoms. The highest BCUT2D eigenvalue weighted by Crippen LogP contribution is 2.57. The first-order chi connectivity index (χ1) is 32.2. The van der Waals surface area contributed by atoms with Gasteiger partial charge in [-0.3, -0.25) is 19.9 Å². The summed E-state index contributed by atoms with van der Waals surface area (Å²) in [7, 11) is 0. The molecule has 0 aliphatic heterocycles. The lowest BCUT2D eigenvalue weighted by Gasteiger charge is -2.34. The van der Waals surface area contributed by atoms with Crippen LogP contribution in [0.4, 0.5) is 0 Å². The summed E-state index contributed by atoms with van der Waals surface area (Å²) in [6, 6.07) is 74.4. The van der Waals surface area contributed by atoms with E-state index in [2.05, 4.69) is 194 Å². The van der Waals surface area contributed by atoms with E-state index in [1.165, 1.54) is 33.4 Å². The van der Waals surface area contributed by atoms with Crippen molar-refractivity contribution in [2.75, 3.05) is 0 Å². The van der Waals surface area contributed by atoms with Gasteiger partial charge in [-0.25, -0.2) is 0 Å². The molecule has 4 heteroatoms. The van der Waals surface area contributed by atoms with Gasteiger partial charge in [0.05, 0.1) is 27.5 Å². The van der Waals surface area contributed by atoms with E-state index in [1.54, 1.807) is 0 Å². The number of aromatic nitrogens is 4. The molecule has 4 heterocycles. The van der Waals surface area contributed by atoms with Crippen molar-refractivity contribution in [2.45, 2.75) is 5.41 Å². The summed E-state index contributed by atoms with van der Waals surface area (Å²) in [5, 5.41) is 4.27. The quantitative estimate of drug-likeness (QED) is 0.157. The number of fused-ring (bicyclic) bond motifs is 9. The van der Waals surface area contributed by atoms with Gasteiger partial charge in [-0.1, -0.05) is 170 Å². The standard InChI is InChI=1S/C61H38N4/c1-5-13-39(14-6-1)47-29-43-21-23-45-31-49(37-64-59(45)57(43)62-35-47)41-25-27-53-54-28-26-42(34-56(54)61(55(53)33-41,51-17-9-3-10-18-51)52-19-11-4-12-20-52)50-32-46-24-22-44-30-48(40-15-7-2-8-16-40)36-63-58(44)60(46)65-38-50/h1-38H. The average Bonchev–Trinajstić information content (AvgIpc) is 3.68. The first-order valence-electron chi connectivity index (χ1n) is 22.1. The Kier molecular flexibility index (Phi) is 8.40. The molecule has 0 radical (unpaired) electrons. The van der Waals surface area contributed by atoms with Crippen LogP contribution < -0.4 is 0 Å². The van der Waals surface area contributed by atoms with E-state index in [4.69, 9.17) is 19.9 Å². The Bertz CT molecular complexity index is 3560. The SMILES string of the molecule is c1ccc(-c2cnc3c(ccc4cc(-c5ccc6c(c5)C(c5ccccc5)(c5ccccc5)c5cc(-c7cnc8c(ccc9cc(-c%10ccccc%10)cnc98)c7)ccc5-6)cnc43)c2)cc1. The predicted molar refractivity (Wildman–Crippen MR) is 267 cm³/mol. The summed E-state index contributed by atoms with van der Waals surface area (Å²) in [4.78, 5) is 20.1. The molecule has 0 saturated carbocycles. The second-order valence-electron chi connectivity index (χ2n) is 17.0. The molecule has 0 unspecified atom stereocenters. The Balaban J connectivity index is 0.941. The summed E-state index contributed by atoms with van der Waals surface area (Å²) >= 11 is 0. The average molecular weight is 827 g/mol. The van der Waals surface area contributed by atoms with Crippen LogP contribution in [0.5, 0.6) is 0 Å². The molecule has 4 aromatic heterocycles. The predicted octanol–water partition coefficient (Wildman–Crippen LogP) is 14.9. The molecule has 0 saturated heterocycles. The molecule has 302 valence electrons. The molecule has 12 aromatic rings. The number of hydrogen-bond donors (Lipinski definition) is 0. The summed E-state index contributed by atoms with van der Waals surface area (Å²) < 4.78 is 0. The molecular weight excluding hydrogens is 789 g/mol. The molecule has 0 N–H and O–H groups in total. The van der Waals surface area contributed by atoms with Crippen molar-refractivity contribution in [1.82, 2.24) is 19.9 Å². The van der Waals surface area contributed by atoms with E-state index in [0.717, 1.165) is 88.1 Å². The van der Waals surface area contributed by atoms with Crippen molar-refractivity contribution < 1.29 is 0 Å². The second-order valence-corrected chi connectivity index (χ2v) is 17.0. The van der Waals surface area contributed by atoms with E-state index in [1.807, 2.05) is 36.9 Å². The molecule has 8 aromatic carbocycles. The summed E-state index contributed by atoms with van der Waals surface area (Å²) in [6.45, 7) is 0. The molecule has 4 nitrogen and oxygen atoms in total. The number of pyridine rings is 4. The molecule has 1 aliphatic rings. The maximum Gasteiger partial charge on any atom is 0.0965 e. The van der Waals surface area contributed by atoms with Crippen molar-refractivity contribution in [3.8, 4) is 55.6 Å². The zero-order valence-corrected chi connectivity index (χ0v) is 35.2. The minimum Gasteiger partial charge on any atom is -0.253 e. The van der Waals surface area contributed by atoms with E-state index >= 15 is 0 Å². The molecule has 0 amide bonds. The van der Waals surface area contributed by atoms with Gasteiger partial charge in [-0.15, -0.1) is 0 Å². The molecule has 0 spiro atoms. The second kappa shape index (κ2) is 14.8. The van der Waals surface area contributed by atoms with Crippen LogP contribution in [0.2, 0.25) is 0 Å². The highest BCUT2D eigenvalue weighted by molar-refractivity contribution is 6.06. The molecule has 65 heavy (non-hydrogen) atoms. The lowest BCUT2D eigenvalue weighted by atomic mass is 9.67. The monoisotopic (exact) mass is 826 g/mol. The van der Waals surface area contributed by atoms with Crippen molar-refractivity contribution >= 4 is 43.6 Å². The zero-order chi connectivity index (χ0) is 42.9. The fraction of sp³-hybridized carbons (Fsp3) is 0.0164. The number of hydrogen-bond acceptors (Lipinski definition) is 4. The first-order valence-corrected chi connectivity index (χ1v) is 22.1. The summed E-state index contributed by atoms with van der Waals surface area (Å²) in [6.07, 6.45) is 7.94. The topological polar surface area (TPSA) is 51.6 Å². The van der Waals surface area contributed by atoms with Gasteiger partial charge in [0.1, 0.15) is 0 Å². The van der Waals surface area contributed by atoms with Gasteiger partial charge >= 0.3 is 0 Å². The van der Waals surface area contributed by atoms with Crippen LogP contribution in [-0.2, 0) is 5.41 Å². The Hall–Kier alpha value is -8.60. The lowest BCUT2D eigenvalue weighted by Crippen LogP contribution is -2.28. The molecule has 13 rings (SSSR count). The largest absolute Gasteiger partial charge is 0.253 e. The summed E-state index contributed by atoms with van der Waals surface area (Å²) in [5.74, 6) is 0. The van der Waals surface area contributed by atoms with Gasteiger partial charge in [-0.2, -0.15) is 0 Å². The van der Waals surface area contributed by atoms with Gasteiger partial charge in [0, 0.05) is 68.6 Å². The van der Waals surface area contributed by atoms with E-state index < -0.39 is 5.41 Å². The number of benzene rings is 8. The molecule has 1 aliphatic carbocycles. The third kappa shape index (κ3) is 5.92. The third-order valence-corrected chi connectivity index (χ3v) is 13.4. The highest BCUT2D eigenvalue weighted by atomic mass is 14.7. The molecular formula is C61H38N4. The van der Waals surface area contributed by atoms with E-state index in [0.29, 0.717) is 0 Å². The normalized spacial score (nSPS) is 12.7. The third-order valence-electron chi connectivity index (χ3n) is 13.4. The van der Waals surface area contributed by atoms with Crippen LogP contribution in [-0.4, -0.2) is 19.9 Å². The van der Waals surface area contributed by atoms with Crippen LogP contribution in [0.15, 0.2) is 231 Å². The Morgan fingerprint density at radius 2 is 0.554 bits per heavy atom. The van der Waals surface area contributed by atoms with Crippen LogP contribution in [0.25, 0.3) is 99.2 Å². The van der Waals surface area contributed by atoms with Crippen LogP contribution >= 0.6 is 0 Å². The van der Waals surface area contributed by atoms with Gasteiger partial charge < -0.3 is 0 Å². The minimum absolute atomic E-state index is 0.596. The first kappa shape index (κ1) is 37.0. The molecule has 0 atom stereocenters. The van der Waals surface area contributed by atoms with Crippen molar-refractivity contribution in [3.63, 3.8) is 0 Å². The smallest absolute Gasteiger partial charge is 0.0965 e. The fourth-order valence-corrected chi connectivity index (χ4v) is 10.3. The lowest BCUT2D eigenvalue weighted by molar-refractivity contribution is 0.769. The van der Waals surface area contributed by atoms with Crippen molar-refractivity contribution in [1.29, 1.82) is 0 Å². The van der Waals surface area contributed by atoms with Gasteiger partial charge in [0.15, 0.2) is 0 Å². The number of rotatable bonds is 6. The Labute approximate surface area is 376 Å². The van der Waals surface area contributed by atoms with Gasteiger partial charge in [0.25, 0.3) is 0 Å². The van der Waals surface area contributed by atoms with Crippen LogP contribution in [0.3, 0.4) is 0 Å². The van der Waals surface area contributed by atoms with Gasteiger partial charge in [-0.05, 0) is 92.0 Å². The van der Waals surface area contributed by atoms with E-state index in [-0.39, 0.29) is 0 Å². The zero-order valence-electron chi connectivity index (χ0n) is 35.2. The maximum absolute atomic E-state index is 5.10. The van der Waals surface area contributed by atoms with Crippen molar-refractivity contribution in [3.05, 3.63) is 253 Å². The highest BCUT2D eigenvalue weighted by Gasteiger charge is 2.46. The molecule has 0 fully saturated rings. The Morgan fingerprint density at radius 1 is 0.246 bits per heavy atom. The maximum atomic E-state index is 5.10. The van der Waals surface area contributed by atoms with Crippen molar-refractivity contribution in [2.24, 2.45) is 0 Å². The fourth-order valence-electron chi connectivity index (χ4n) is 10.3.